The third-order valence-corrected chi connectivity index (χ3v) is 3.43. The first-order valence-electron chi connectivity index (χ1n) is 6.75. The van der Waals surface area contributed by atoms with E-state index < -0.39 is 0 Å². The van der Waals surface area contributed by atoms with Crippen molar-refractivity contribution < 1.29 is 9.53 Å². The van der Waals surface area contributed by atoms with Gasteiger partial charge in [-0.05, 0) is 32.4 Å². The van der Waals surface area contributed by atoms with E-state index in [4.69, 9.17) is 10.5 Å². The van der Waals surface area contributed by atoms with Gasteiger partial charge in [0.25, 0.3) is 0 Å². The van der Waals surface area contributed by atoms with Crippen LogP contribution in [0, 0.1) is 6.92 Å². The van der Waals surface area contributed by atoms with E-state index in [1.54, 1.807) is 13.0 Å². The lowest BCUT2D eigenvalue weighted by Crippen LogP contribution is -2.13. The molecule has 4 heteroatoms. The number of nitrogens with two attached hydrogens (primary N) is 1. The van der Waals surface area contributed by atoms with Crippen LogP contribution in [0.25, 0.3) is 0 Å². The molecule has 0 bridgehead atoms. The highest BCUT2D eigenvalue weighted by molar-refractivity contribution is 5.95. The lowest BCUT2D eigenvalue weighted by atomic mass is 10.1. The third kappa shape index (κ3) is 2.54. The summed E-state index contributed by atoms with van der Waals surface area (Å²) in [6.45, 7) is 6.13. The molecule has 0 saturated carbocycles. The number of esters is 1. The summed E-state index contributed by atoms with van der Waals surface area (Å²) < 4.78 is 6.99. The number of anilines is 1. The molecule has 1 heterocycles. The molecule has 1 atom stereocenters. The fraction of sp³-hybridized carbons (Fsp3) is 0.312. The number of rotatable bonds is 4. The Labute approximate surface area is 119 Å². The van der Waals surface area contributed by atoms with Crippen molar-refractivity contribution in [3.8, 4) is 0 Å². The van der Waals surface area contributed by atoms with Crippen molar-refractivity contribution in [2.75, 3.05) is 12.3 Å². The Balaban J connectivity index is 2.40. The Morgan fingerprint density at radius 2 is 2.00 bits per heavy atom. The van der Waals surface area contributed by atoms with Gasteiger partial charge in [-0.2, -0.15) is 0 Å². The lowest BCUT2D eigenvalue weighted by Gasteiger charge is -2.18. The number of hydrogen-bond acceptors (Lipinski definition) is 3. The highest BCUT2D eigenvalue weighted by Gasteiger charge is 2.21. The molecule has 20 heavy (non-hydrogen) atoms. The van der Waals surface area contributed by atoms with Crippen molar-refractivity contribution in [2.24, 2.45) is 0 Å². The van der Waals surface area contributed by atoms with Gasteiger partial charge in [0.1, 0.15) is 11.4 Å². The Kier molecular flexibility index (Phi) is 4.13. The van der Waals surface area contributed by atoms with Gasteiger partial charge < -0.3 is 15.0 Å². The maximum atomic E-state index is 11.9. The van der Waals surface area contributed by atoms with E-state index in [2.05, 4.69) is 6.92 Å². The van der Waals surface area contributed by atoms with E-state index in [-0.39, 0.29) is 12.0 Å². The number of nitrogens with zero attached hydrogens (tertiary/aromatic N) is 1. The van der Waals surface area contributed by atoms with Gasteiger partial charge >= 0.3 is 5.97 Å². The fourth-order valence-corrected chi connectivity index (χ4v) is 2.44. The quantitative estimate of drug-likeness (QED) is 0.870. The zero-order chi connectivity index (χ0) is 14.7. The van der Waals surface area contributed by atoms with Gasteiger partial charge in [-0.3, -0.25) is 0 Å². The minimum absolute atomic E-state index is 0.0689. The van der Waals surface area contributed by atoms with Crippen molar-refractivity contribution in [1.29, 1.82) is 0 Å². The summed E-state index contributed by atoms with van der Waals surface area (Å²) in [7, 11) is 0. The molecule has 0 fully saturated rings. The van der Waals surface area contributed by atoms with Gasteiger partial charge in [-0.1, -0.05) is 30.3 Å². The zero-order valence-electron chi connectivity index (χ0n) is 12.1. The molecule has 1 aromatic heterocycles. The predicted octanol–water partition coefficient (Wildman–Crippen LogP) is 3.16. The van der Waals surface area contributed by atoms with Crippen molar-refractivity contribution in [3.63, 3.8) is 0 Å². The van der Waals surface area contributed by atoms with E-state index in [1.165, 1.54) is 0 Å². The first kappa shape index (κ1) is 14.2. The minimum Gasteiger partial charge on any atom is -0.462 e. The Bertz CT molecular complexity index is 602. The molecule has 0 spiro atoms. The summed E-state index contributed by atoms with van der Waals surface area (Å²) in [6.07, 6.45) is 0. The van der Waals surface area contributed by atoms with Crippen LogP contribution in [-0.4, -0.2) is 17.1 Å². The summed E-state index contributed by atoms with van der Waals surface area (Å²) in [5.74, 6) is 0.0874. The van der Waals surface area contributed by atoms with Crippen molar-refractivity contribution in [2.45, 2.75) is 26.8 Å². The topological polar surface area (TPSA) is 57.2 Å². The average molecular weight is 272 g/mol. The molecule has 0 saturated heterocycles. The number of ether oxygens (including phenoxy) is 1. The Hall–Kier alpha value is -2.23. The normalized spacial score (nSPS) is 12.2. The van der Waals surface area contributed by atoms with Gasteiger partial charge in [-0.15, -0.1) is 0 Å². The van der Waals surface area contributed by atoms with Crippen LogP contribution in [0.5, 0.6) is 0 Å². The van der Waals surface area contributed by atoms with Crippen molar-refractivity contribution in [1.82, 2.24) is 4.57 Å². The average Bonchev–Trinajstić information content (AvgIpc) is 2.75. The largest absolute Gasteiger partial charge is 0.462 e. The number of carbonyl (C=O) groups excluding carboxylic acids is 1. The molecule has 1 aromatic carbocycles. The molecule has 0 aliphatic carbocycles. The molecule has 0 amide bonds. The van der Waals surface area contributed by atoms with Gasteiger partial charge in [0.15, 0.2) is 0 Å². The molecule has 0 aliphatic rings. The number of aryl methyl sites for hydroxylation is 1. The van der Waals surface area contributed by atoms with Gasteiger partial charge in [0.05, 0.1) is 12.6 Å². The smallest absolute Gasteiger partial charge is 0.341 e. The number of nitrogen functional groups attached to an aromatic ring is 1. The highest BCUT2D eigenvalue weighted by atomic mass is 16.5. The van der Waals surface area contributed by atoms with E-state index in [0.29, 0.717) is 18.0 Å². The monoisotopic (exact) mass is 272 g/mol. The van der Waals surface area contributed by atoms with E-state index in [9.17, 15) is 4.79 Å². The molecular weight excluding hydrogens is 252 g/mol. The second kappa shape index (κ2) is 5.82. The number of benzene rings is 1. The highest BCUT2D eigenvalue weighted by Crippen LogP contribution is 2.27. The van der Waals surface area contributed by atoms with Crippen LogP contribution in [0.4, 0.5) is 5.82 Å². The molecule has 2 N–H and O–H groups in total. The molecule has 2 aromatic rings. The maximum Gasteiger partial charge on any atom is 0.341 e. The second-order valence-electron chi connectivity index (χ2n) is 4.76. The first-order valence-corrected chi connectivity index (χ1v) is 6.75. The molecular formula is C16H20N2O2. The second-order valence-corrected chi connectivity index (χ2v) is 4.76. The summed E-state index contributed by atoms with van der Waals surface area (Å²) in [5.41, 5.74) is 8.67. The summed E-state index contributed by atoms with van der Waals surface area (Å²) in [5, 5.41) is 0. The number of aromatic nitrogens is 1. The summed E-state index contributed by atoms with van der Waals surface area (Å²) >= 11 is 0. The van der Waals surface area contributed by atoms with Crippen molar-refractivity contribution in [3.05, 3.63) is 53.2 Å². The van der Waals surface area contributed by atoms with Crippen LogP contribution in [0.3, 0.4) is 0 Å². The first-order chi connectivity index (χ1) is 9.56. The Morgan fingerprint density at radius 1 is 1.35 bits per heavy atom. The van der Waals surface area contributed by atoms with Crippen LogP contribution in [0.15, 0.2) is 36.4 Å². The molecule has 4 nitrogen and oxygen atoms in total. The van der Waals surface area contributed by atoms with Crippen molar-refractivity contribution >= 4 is 11.8 Å². The van der Waals surface area contributed by atoms with E-state index in [1.807, 2.05) is 41.8 Å². The van der Waals surface area contributed by atoms with Gasteiger partial charge in [0, 0.05) is 5.69 Å². The molecule has 0 radical (unpaired) electrons. The third-order valence-electron chi connectivity index (χ3n) is 3.43. The van der Waals surface area contributed by atoms with Crippen LogP contribution in [0.2, 0.25) is 0 Å². The fourth-order valence-electron chi connectivity index (χ4n) is 2.44. The molecule has 1 unspecified atom stereocenters. The standard InChI is InChI=1S/C16H20N2O2/c1-4-20-16(19)14-10-11(2)18(15(14)17)12(3)13-8-6-5-7-9-13/h5-10,12H,4,17H2,1-3H3. The minimum atomic E-state index is -0.368. The molecule has 106 valence electrons. The maximum absolute atomic E-state index is 11.9. The van der Waals surface area contributed by atoms with Gasteiger partial charge in [-0.25, -0.2) is 4.79 Å². The number of hydrogen-bond donors (Lipinski definition) is 1. The zero-order valence-corrected chi connectivity index (χ0v) is 12.1. The predicted molar refractivity (Wildman–Crippen MR) is 79.8 cm³/mol. The van der Waals surface area contributed by atoms with Crippen LogP contribution in [0.1, 0.15) is 41.5 Å². The SMILES string of the molecule is CCOC(=O)c1cc(C)n(C(C)c2ccccc2)c1N. The van der Waals surface area contributed by atoms with Crippen LogP contribution < -0.4 is 5.73 Å². The van der Waals surface area contributed by atoms with Crippen LogP contribution in [-0.2, 0) is 4.74 Å². The molecule has 2 rings (SSSR count). The van der Waals surface area contributed by atoms with E-state index in [0.717, 1.165) is 11.3 Å². The summed E-state index contributed by atoms with van der Waals surface area (Å²) in [4.78, 5) is 11.9. The Morgan fingerprint density at radius 3 is 2.60 bits per heavy atom. The van der Waals surface area contributed by atoms with Crippen LogP contribution >= 0.6 is 0 Å². The number of carbonyl (C=O) groups is 1. The van der Waals surface area contributed by atoms with Gasteiger partial charge in [0.2, 0.25) is 0 Å². The lowest BCUT2D eigenvalue weighted by molar-refractivity contribution is 0.0527. The van der Waals surface area contributed by atoms with E-state index >= 15 is 0 Å². The molecule has 0 aliphatic heterocycles. The summed E-state index contributed by atoms with van der Waals surface area (Å²) in [6, 6.07) is 11.9.